The van der Waals surface area contributed by atoms with Crippen molar-refractivity contribution in [2.75, 3.05) is 6.54 Å². The molecule has 3 nitrogen and oxygen atoms in total. The van der Waals surface area contributed by atoms with Crippen LogP contribution in [-0.2, 0) is 6.18 Å². The van der Waals surface area contributed by atoms with Crippen molar-refractivity contribution >= 4 is 5.91 Å². The van der Waals surface area contributed by atoms with E-state index in [1.54, 1.807) is 0 Å². The van der Waals surface area contributed by atoms with E-state index in [2.05, 4.69) is 5.32 Å². The number of aliphatic hydroxyl groups is 1. The van der Waals surface area contributed by atoms with Gasteiger partial charge in [-0.3, -0.25) is 4.79 Å². The molecule has 1 aromatic carbocycles. The number of benzene rings is 1. The molecule has 0 spiro atoms. The smallest absolute Gasteiger partial charge is 0.388 e. The van der Waals surface area contributed by atoms with E-state index in [0.717, 1.165) is 18.6 Å². The Kier molecular flexibility index (Phi) is 3.73. The average Bonchev–Trinajstić information content (AvgIpc) is 2.32. The Morgan fingerprint density at radius 1 is 1.35 bits per heavy atom. The molecule has 0 aliphatic heterocycles. The highest BCUT2D eigenvalue weighted by atomic mass is 19.4. The van der Waals surface area contributed by atoms with E-state index in [0.29, 0.717) is 18.9 Å². The van der Waals surface area contributed by atoms with Crippen LogP contribution in [0.25, 0.3) is 0 Å². The molecule has 1 fully saturated rings. The van der Waals surface area contributed by atoms with Gasteiger partial charge in [0.05, 0.1) is 16.7 Å². The number of rotatable bonds is 3. The Balaban J connectivity index is 2.14. The lowest BCUT2D eigenvalue weighted by atomic mass is 9.80. The van der Waals surface area contributed by atoms with Gasteiger partial charge in [0, 0.05) is 6.54 Å². The van der Waals surface area contributed by atoms with Crippen LogP contribution in [0.15, 0.2) is 18.2 Å². The summed E-state index contributed by atoms with van der Waals surface area (Å²) >= 11 is 0. The molecular formula is C13H13F4NO2. The zero-order valence-corrected chi connectivity index (χ0v) is 10.4. The Hall–Kier alpha value is -1.63. The summed E-state index contributed by atoms with van der Waals surface area (Å²) in [5, 5.41) is 12.0. The fourth-order valence-electron chi connectivity index (χ4n) is 2.03. The van der Waals surface area contributed by atoms with Gasteiger partial charge in [0.15, 0.2) is 0 Å². The lowest BCUT2D eigenvalue weighted by Gasteiger charge is -2.36. The standard InChI is InChI=1S/C13H13F4NO2/c14-10-8(3-1-4-9(10)13(15,16)17)11(19)18-7-12(20)5-2-6-12/h1,3-4,20H,2,5-7H2,(H,18,19). The van der Waals surface area contributed by atoms with Gasteiger partial charge in [0.25, 0.3) is 5.91 Å². The Morgan fingerprint density at radius 3 is 2.50 bits per heavy atom. The number of halogens is 4. The third kappa shape index (κ3) is 2.92. The lowest BCUT2D eigenvalue weighted by molar-refractivity contribution is -0.140. The summed E-state index contributed by atoms with van der Waals surface area (Å²) < 4.78 is 51.2. The van der Waals surface area contributed by atoms with E-state index in [9.17, 15) is 27.5 Å². The first-order chi connectivity index (χ1) is 9.23. The van der Waals surface area contributed by atoms with Crippen LogP contribution in [0.4, 0.5) is 17.6 Å². The zero-order chi connectivity index (χ0) is 15.0. The van der Waals surface area contributed by atoms with Crippen molar-refractivity contribution in [3.63, 3.8) is 0 Å². The number of nitrogens with one attached hydrogen (secondary N) is 1. The Bertz CT molecular complexity index is 524. The van der Waals surface area contributed by atoms with E-state index in [-0.39, 0.29) is 6.54 Å². The highest BCUT2D eigenvalue weighted by Gasteiger charge is 2.37. The van der Waals surface area contributed by atoms with Gasteiger partial charge in [-0.1, -0.05) is 6.07 Å². The summed E-state index contributed by atoms with van der Waals surface area (Å²) in [5.74, 6) is -2.56. The molecule has 7 heteroatoms. The van der Waals surface area contributed by atoms with Crippen LogP contribution in [-0.4, -0.2) is 23.2 Å². The normalized spacial score (nSPS) is 17.4. The molecule has 1 aromatic rings. The SMILES string of the molecule is O=C(NCC1(O)CCC1)c1cccc(C(F)(F)F)c1F. The Morgan fingerprint density at radius 2 is 2.00 bits per heavy atom. The minimum atomic E-state index is -4.85. The molecule has 1 saturated carbocycles. The highest BCUT2D eigenvalue weighted by Crippen LogP contribution is 2.33. The van der Waals surface area contributed by atoms with Crippen molar-refractivity contribution < 1.29 is 27.5 Å². The first-order valence-corrected chi connectivity index (χ1v) is 6.09. The second kappa shape index (κ2) is 5.05. The predicted molar refractivity (Wildman–Crippen MR) is 62.5 cm³/mol. The van der Waals surface area contributed by atoms with Gasteiger partial charge in [-0.25, -0.2) is 4.39 Å². The average molecular weight is 291 g/mol. The topological polar surface area (TPSA) is 49.3 Å². The van der Waals surface area contributed by atoms with Crippen molar-refractivity contribution in [1.29, 1.82) is 0 Å². The number of hydrogen-bond donors (Lipinski definition) is 2. The lowest BCUT2D eigenvalue weighted by Crippen LogP contribution is -2.47. The molecule has 1 aliphatic rings. The van der Waals surface area contributed by atoms with Gasteiger partial charge in [-0.05, 0) is 31.4 Å². The van der Waals surface area contributed by atoms with Crippen LogP contribution >= 0.6 is 0 Å². The van der Waals surface area contributed by atoms with E-state index < -0.39 is 34.6 Å². The molecule has 20 heavy (non-hydrogen) atoms. The molecule has 1 aliphatic carbocycles. The summed E-state index contributed by atoms with van der Waals surface area (Å²) in [7, 11) is 0. The maximum absolute atomic E-state index is 13.7. The molecule has 2 rings (SSSR count). The fraction of sp³-hybridized carbons (Fsp3) is 0.462. The van der Waals surface area contributed by atoms with Crippen molar-refractivity contribution in [1.82, 2.24) is 5.32 Å². The predicted octanol–water partition coefficient (Wildman–Crippen LogP) is 2.49. The molecule has 2 N–H and O–H groups in total. The molecule has 0 unspecified atom stereocenters. The number of hydrogen-bond acceptors (Lipinski definition) is 2. The van der Waals surface area contributed by atoms with Crippen molar-refractivity contribution in [3.05, 3.63) is 35.1 Å². The molecule has 110 valence electrons. The molecule has 0 bridgehead atoms. The summed E-state index contributed by atoms with van der Waals surface area (Å²) in [6.07, 6.45) is -3.01. The van der Waals surface area contributed by atoms with E-state index >= 15 is 0 Å². The van der Waals surface area contributed by atoms with Gasteiger partial charge in [0.2, 0.25) is 0 Å². The van der Waals surface area contributed by atoms with E-state index in [4.69, 9.17) is 0 Å². The van der Waals surface area contributed by atoms with Crippen LogP contribution in [0.5, 0.6) is 0 Å². The molecule has 0 heterocycles. The summed E-state index contributed by atoms with van der Waals surface area (Å²) in [6, 6.07) is 2.52. The van der Waals surface area contributed by atoms with Crippen LogP contribution < -0.4 is 5.32 Å². The minimum Gasteiger partial charge on any atom is -0.388 e. The Labute approximate surface area is 112 Å². The quantitative estimate of drug-likeness (QED) is 0.841. The van der Waals surface area contributed by atoms with Crippen LogP contribution in [0.1, 0.15) is 35.2 Å². The summed E-state index contributed by atoms with van der Waals surface area (Å²) in [5.41, 5.74) is -3.18. The molecule has 1 amide bonds. The molecule has 0 radical (unpaired) electrons. The van der Waals surface area contributed by atoms with E-state index in [1.165, 1.54) is 0 Å². The third-order valence-electron chi connectivity index (χ3n) is 3.41. The molecule has 0 saturated heterocycles. The first kappa shape index (κ1) is 14.8. The monoisotopic (exact) mass is 291 g/mol. The molecular weight excluding hydrogens is 278 g/mol. The second-order valence-corrected chi connectivity index (χ2v) is 4.93. The maximum Gasteiger partial charge on any atom is 0.419 e. The minimum absolute atomic E-state index is 0.0957. The molecule has 0 atom stereocenters. The fourth-order valence-corrected chi connectivity index (χ4v) is 2.03. The number of carbonyl (C=O) groups excluding carboxylic acids is 1. The van der Waals surface area contributed by atoms with Crippen molar-refractivity contribution in [3.8, 4) is 0 Å². The summed E-state index contributed by atoms with van der Waals surface area (Å²) in [4.78, 5) is 11.7. The number of carbonyl (C=O) groups is 1. The van der Waals surface area contributed by atoms with Crippen LogP contribution in [0.3, 0.4) is 0 Å². The van der Waals surface area contributed by atoms with Gasteiger partial charge < -0.3 is 10.4 Å². The summed E-state index contributed by atoms with van der Waals surface area (Å²) in [6.45, 7) is -0.0957. The van der Waals surface area contributed by atoms with Gasteiger partial charge in [-0.2, -0.15) is 13.2 Å². The van der Waals surface area contributed by atoms with E-state index in [1.807, 2.05) is 0 Å². The third-order valence-corrected chi connectivity index (χ3v) is 3.41. The van der Waals surface area contributed by atoms with Crippen molar-refractivity contribution in [2.45, 2.75) is 31.0 Å². The largest absolute Gasteiger partial charge is 0.419 e. The molecule has 0 aromatic heterocycles. The van der Waals surface area contributed by atoms with Crippen LogP contribution in [0.2, 0.25) is 0 Å². The zero-order valence-electron chi connectivity index (χ0n) is 10.4. The first-order valence-electron chi connectivity index (χ1n) is 6.09. The second-order valence-electron chi connectivity index (χ2n) is 4.93. The van der Waals surface area contributed by atoms with Gasteiger partial charge >= 0.3 is 6.18 Å². The van der Waals surface area contributed by atoms with Gasteiger partial charge in [0.1, 0.15) is 5.82 Å². The number of alkyl halides is 3. The van der Waals surface area contributed by atoms with Crippen LogP contribution in [0, 0.1) is 5.82 Å². The number of amides is 1. The van der Waals surface area contributed by atoms with Crippen molar-refractivity contribution in [2.24, 2.45) is 0 Å². The van der Waals surface area contributed by atoms with Gasteiger partial charge in [-0.15, -0.1) is 0 Å². The highest BCUT2D eigenvalue weighted by molar-refractivity contribution is 5.94. The maximum atomic E-state index is 13.7.